The first kappa shape index (κ1) is 19.0. The fraction of sp³-hybridized carbons (Fsp3) is 0.333. The summed E-state index contributed by atoms with van der Waals surface area (Å²) in [5.74, 6) is 0.0595. The number of carbonyl (C=O) groups is 1. The first-order valence-corrected chi connectivity index (χ1v) is 9.56. The standard InChI is InChI=1S/C21H22FN5O2/c1-14-5-10-20(24-23-14)29-17-4-3-11-27(13-17)21(28)19-12-18(25-26(19)2)15-6-8-16(22)9-7-15/h5-10,12,17H,3-4,11,13H2,1-2H3. The van der Waals surface area contributed by atoms with Crippen LogP contribution >= 0.6 is 0 Å². The van der Waals surface area contributed by atoms with Crippen molar-refractivity contribution in [2.24, 2.45) is 7.05 Å². The minimum absolute atomic E-state index is 0.100. The molecule has 4 rings (SSSR count). The smallest absolute Gasteiger partial charge is 0.272 e. The number of piperidine rings is 1. The molecule has 0 bridgehead atoms. The molecule has 1 fully saturated rings. The van der Waals surface area contributed by atoms with Gasteiger partial charge in [0.2, 0.25) is 5.88 Å². The molecule has 150 valence electrons. The molecule has 1 aromatic carbocycles. The van der Waals surface area contributed by atoms with Crippen molar-refractivity contribution in [1.29, 1.82) is 0 Å². The zero-order valence-corrected chi connectivity index (χ0v) is 16.4. The number of rotatable bonds is 4. The number of benzene rings is 1. The number of ether oxygens (including phenoxy) is 1. The van der Waals surface area contributed by atoms with E-state index in [1.807, 2.05) is 13.0 Å². The van der Waals surface area contributed by atoms with Gasteiger partial charge in [-0.1, -0.05) is 0 Å². The highest BCUT2D eigenvalue weighted by molar-refractivity contribution is 5.93. The molecule has 1 amide bonds. The Hall–Kier alpha value is -3.29. The SMILES string of the molecule is Cc1ccc(OC2CCCN(C(=O)c3cc(-c4ccc(F)cc4)nn3C)C2)nn1. The quantitative estimate of drug-likeness (QED) is 0.679. The van der Waals surface area contributed by atoms with Crippen molar-refractivity contribution in [3.8, 4) is 17.1 Å². The van der Waals surface area contributed by atoms with E-state index in [9.17, 15) is 9.18 Å². The van der Waals surface area contributed by atoms with Crippen LogP contribution in [0.5, 0.6) is 5.88 Å². The van der Waals surface area contributed by atoms with Gasteiger partial charge in [-0.05, 0) is 56.2 Å². The van der Waals surface area contributed by atoms with Crippen LogP contribution in [0.25, 0.3) is 11.3 Å². The van der Waals surface area contributed by atoms with Gasteiger partial charge in [-0.15, -0.1) is 5.10 Å². The highest BCUT2D eigenvalue weighted by Crippen LogP contribution is 2.22. The van der Waals surface area contributed by atoms with Crippen molar-refractivity contribution in [3.63, 3.8) is 0 Å². The van der Waals surface area contributed by atoms with Crippen LogP contribution in [0.4, 0.5) is 4.39 Å². The molecule has 7 nitrogen and oxygen atoms in total. The van der Waals surface area contributed by atoms with Gasteiger partial charge < -0.3 is 9.64 Å². The number of aryl methyl sites for hydroxylation is 2. The first-order valence-electron chi connectivity index (χ1n) is 9.56. The summed E-state index contributed by atoms with van der Waals surface area (Å²) in [6.07, 6.45) is 1.57. The second-order valence-corrected chi connectivity index (χ2v) is 7.19. The third kappa shape index (κ3) is 4.26. The summed E-state index contributed by atoms with van der Waals surface area (Å²) in [4.78, 5) is 14.9. The zero-order chi connectivity index (χ0) is 20.4. The van der Waals surface area contributed by atoms with Crippen molar-refractivity contribution in [1.82, 2.24) is 24.9 Å². The Kier molecular flexibility index (Phi) is 5.24. The van der Waals surface area contributed by atoms with Crippen LogP contribution in [-0.2, 0) is 7.05 Å². The van der Waals surface area contributed by atoms with E-state index in [0.29, 0.717) is 30.4 Å². The lowest BCUT2D eigenvalue weighted by atomic mass is 10.1. The molecular formula is C21H22FN5O2. The van der Waals surface area contributed by atoms with Gasteiger partial charge >= 0.3 is 0 Å². The zero-order valence-electron chi connectivity index (χ0n) is 16.4. The predicted octanol–water partition coefficient (Wildman–Crippen LogP) is 3.01. The molecule has 0 spiro atoms. The molecule has 0 aliphatic carbocycles. The fourth-order valence-electron chi connectivity index (χ4n) is 3.43. The van der Waals surface area contributed by atoms with Gasteiger partial charge in [0.15, 0.2) is 0 Å². The number of hydrogen-bond donors (Lipinski definition) is 0. The maximum Gasteiger partial charge on any atom is 0.272 e. The average molecular weight is 395 g/mol. The Balaban J connectivity index is 1.47. The molecule has 8 heteroatoms. The maximum atomic E-state index is 13.2. The summed E-state index contributed by atoms with van der Waals surface area (Å²) < 4.78 is 20.6. The Morgan fingerprint density at radius 3 is 2.69 bits per heavy atom. The monoisotopic (exact) mass is 395 g/mol. The maximum absolute atomic E-state index is 13.2. The van der Waals surface area contributed by atoms with Gasteiger partial charge in [0.25, 0.3) is 5.91 Å². The minimum Gasteiger partial charge on any atom is -0.471 e. The Bertz CT molecular complexity index is 1000. The summed E-state index contributed by atoms with van der Waals surface area (Å²) in [6, 6.07) is 11.4. The number of likely N-dealkylation sites (tertiary alicyclic amines) is 1. The van der Waals surface area contributed by atoms with Gasteiger partial charge in [-0.3, -0.25) is 9.48 Å². The number of hydrogen-bond acceptors (Lipinski definition) is 5. The topological polar surface area (TPSA) is 73.1 Å². The summed E-state index contributed by atoms with van der Waals surface area (Å²) in [7, 11) is 1.74. The van der Waals surface area contributed by atoms with E-state index in [0.717, 1.165) is 24.1 Å². The van der Waals surface area contributed by atoms with E-state index in [1.165, 1.54) is 12.1 Å². The van der Waals surface area contributed by atoms with Gasteiger partial charge in [-0.2, -0.15) is 10.2 Å². The molecule has 3 aromatic rings. The summed E-state index contributed by atoms with van der Waals surface area (Å²) in [5.41, 5.74) is 2.71. The van der Waals surface area contributed by atoms with E-state index >= 15 is 0 Å². The molecule has 29 heavy (non-hydrogen) atoms. The summed E-state index contributed by atoms with van der Waals surface area (Å²) >= 11 is 0. The molecule has 3 heterocycles. The van der Waals surface area contributed by atoms with Gasteiger partial charge in [0.05, 0.1) is 17.9 Å². The van der Waals surface area contributed by atoms with Crippen LogP contribution in [0, 0.1) is 12.7 Å². The van der Waals surface area contributed by atoms with Crippen LogP contribution in [0.1, 0.15) is 29.0 Å². The molecule has 1 unspecified atom stereocenters. The third-order valence-corrected chi connectivity index (χ3v) is 4.97. The molecule has 1 aliphatic heterocycles. The van der Waals surface area contributed by atoms with Crippen LogP contribution in [0.3, 0.4) is 0 Å². The van der Waals surface area contributed by atoms with E-state index < -0.39 is 0 Å². The number of carbonyl (C=O) groups excluding carboxylic acids is 1. The average Bonchev–Trinajstić information content (AvgIpc) is 3.11. The van der Waals surface area contributed by atoms with Crippen molar-refractivity contribution in [2.45, 2.75) is 25.9 Å². The van der Waals surface area contributed by atoms with Crippen molar-refractivity contribution in [2.75, 3.05) is 13.1 Å². The molecule has 1 aliphatic rings. The molecule has 0 saturated carbocycles. The summed E-state index contributed by atoms with van der Waals surface area (Å²) in [6.45, 7) is 3.01. The summed E-state index contributed by atoms with van der Waals surface area (Å²) in [5, 5.41) is 12.5. The van der Waals surface area contributed by atoms with Crippen LogP contribution in [0.2, 0.25) is 0 Å². The minimum atomic E-state index is -0.307. The van der Waals surface area contributed by atoms with Gasteiger partial charge in [0, 0.05) is 25.2 Å². The highest BCUT2D eigenvalue weighted by Gasteiger charge is 2.28. The molecule has 0 radical (unpaired) electrons. The Labute approximate surface area is 168 Å². The Morgan fingerprint density at radius 2 is 1.97 bits per heavy atom. The van der Waals surface area contributed by atoms with Crippen LogP contribution in [0.15, 0.2) is 42.5 Å². The number of nitrogens with zero attached hydrogens (tertiary/aromatic N) is 5. The van der Waals surface area contributed by atoms with Crippen molar-refractivity contribution in [3.05, 3.63) is 59.7 Å². The lowest BCUT2D eigenvalue weighted by Crippen LogP contribution is -2.45. The van der Waals surface area contributed by atoms with Crippen LogP contribution < -0.4 is 4.74 Å². The van der Waals surface area contributed by atoms with E-state index in [-0.39, 0.29) is 17.8 Å². The second kappa shape index (κ2) is 7.98. The molecule has 1 saturated heterocycles. The van der Waals surface area contributed by atoms with E-state index in [2.05, 4.69) is 15.3 Å². The van der Waals surface area contributed by atoms with E-state index in [4.69, 9.17) is 4.74 Å². The van der Waals surface area contributed by atoms with Gasteiger partial charge in [0.1, 0.15) is 17.6 Å². The predicted molar refractivity (Wildman–Crippen MR) is 105 cm³/mol. The molecule has 1 atom stereocenters. The number of halogens is 1. The largest absolute Gasteiger partial charge is 0.471 e. The van der Waals surface area contributed by atoms with Crippen molar-refractivity contribution < 1.29 is 13.9 Å². The van der Waals surface area contributed by atoms with E-state index in [1.54, 1.807) is 40.9 Å². The van der Waals surface area contributed by atoms with Crippen molar-refractivity contribution >= 4 is 5.91 Å². The molecular weight excluding hydrogens is 373 g/mol. The van der Waals surface area contributed by atoms with Crippen LogP contribution in [-0.4, -0.2) is 50.0 Å². The van der Waals surface area contributed by atoms with Gasteiger partial charge in [-0.25, -0.2) is 4.39 Å². The third-order valence-electron chi connectivity index (χ3n) is 4.97. The first-order chi connectivity index (χ1) is 14.0. The molecule has 2 aromatic heterocycles. The lowest BCUT2D eigenvalue weighted by Gasteiger charge is -2.32. The highest BCUT2D eigenvalue weighted by atomic mass is 19.1. The number of amides is 1. The number of aromatic nitrogens is 4. The second-order valence-electron chi connectivity index (χ2n) is 7.19. The molecule has 0 N–H and O–H groups in total. The normalized spacial score (nSPS) is 16.7. The Morgan fingerprint density at radius 1 is 1.17 bits per heavy atom. The fourth-order valence-corrected chi connectivity index (χ4v) is 3.43. The lowest BCUT2D eigenvalue weighted by molar-refractivity contribution is 0.0516.